The summed E-state index contributed by atoms with van der Waals surface area (Å²) in [6, 6.07) is 13.5. The van der Waals surface area contributed by atoms with Gasteiger partial charge in [-0.15, -0.1) is 0 Å². The third-order valence-electron chi connectivity index (χ3n) is 3.64. The number of para-hydroxylation sites is 1. The van der Waals surface area contributed by atoms with Gasteiger partial charge < -0.3 is 9.47 Å². The molecule has 0 aliphatic carbocycles. The minimum Gasteiger partial charge on any atom is -0.408 e. The maximum Gasteiger partial charge on any atom is 0.437 e. The molecule has 0 saturated heterocycles. The number of benzene rings is 2. The predicted molar refractivity (Wildman–Crippen MR) is 84.0 cm³/mol. The zero-order valence-electron chi connectivity index (χ0n) is 12.3. The van der Waals surface area contributed by atoms with E-state index >= 15 is 0 Å². The van der Waals surface area contributed by atoms with E-state index in [-0.39, 0.29) is 5.75 Å². The molecule has 0 unspecified atom stereocenters. The lowest BCUT2D eigenvalue weighted by Gasteiger charge is -2.43. The van der Waals surface area contributed by atoms with Crippen LogP contribution < -0.4 is 10.2 Å². The molecule has 0 aromatic heterocycles. The Labute approximate surface area is 137 Å². The van der Waals surface area contributed by atoms with Crippen LogP contribution in [0.15, 0.2) is 48.5 Å². The first-order chi connectivity index (χ1) is 11.1. The fourth-order valence-corrected chi connectivity index (χ4v) is 2.64. The summed E-state index contributed by atoms with van der Waals surface area (Å²) in [6.07, 6.45) is -0.775. The molecular formula is C16H14ClFN2O3. The molecular weight excluding hydrogens is 323 g/mol. The molecule has 1 amide bonds. The summed E-state index contributed by atoms with van der Waals surface area (Å²) in [5.74, 6) is 0.213. The summed E-state index contributed by atoms with van der Waals surface area (Å²) in [6.45, 7) is -0.980. The number of nitrogens with zero attached hydrogens (tertiary/aromatic N) is 1. The molecule has 3 rings (SSSR count). The van der Waals surface area contributed by atoms with E-state index < -0.39 is 18.5 Å². The van der Waals surface area contributed by atoms with Crippen molar-refractivity contribution < 1.29 is 18.7 Å². The second kappa shape index (κ2) is 6.06. The third-order valence-corrected chi connectivity index (χ3v) is 3.87. The Bertz CT molecular complexity index is 723. The van der Waals surface area contributed by atoms with Crippen LogP contribution in [0, 0.1) is 0 Å². The van der Waals surface area contributed by atoms with Gasteiger partial charge in [-0.25, -0.2) is 9.18 Å². The summed E-state index contributed by atoms with van der Waals surface area (Å²) in [7, 11) is 1.32. The van der Waals surface area contributed by atoms with E-state index in [9.17, 15) is 9.18 Å². The number of hydrazine groups is 1. The molecule has 5 nitrogen and oxygen atoms in total. The van der Waals surface area contributed by atoms with Gasteiger partial charge in [-0.2, -0.15) is 5.01 Å². The maximum atomic E-state index is 14.0. The summed E-state index contributed by atoms with van der Waals surface area (Å²) in [5, 5.41) is 1.37. The molecule has 7 heteroatoms. The molecule has 2 aromatic rings. The van der Waals surface area contributed by atoms with Gasteiger partial charge in [0.25, 0.3) is 0 Å². The van der Waals surface area contributed by atoms with Crippen LogP contribution in [-0.2, 0) is 10.5 Å². The maximum absolute atomic E-state index is 14.0. The highest BCUT2D eigenvalue weighted by Crippen LogP contribution is 2.42. The van der Waals surface area contributed by atoms with Crippen molar-refractivity contribution in [3.05, 3.63) is 59.1 Å². The number of halogens is 2. The second-order valence-corrected chi connectivity index (χ2v) is 5.38. The van der Waals surface area contributed by atoms with E-state index in [0.717, 1.165) is 5.01 Å². The lowest BCUT2D eigenvalue weighted by molar-refractivity contribution is -0.138. The van der Waals surface area contributed by atoms with Crippen LogP contribution in [0.25, 0.3) is 0 Å². The van der Waals surface area contributed by atoms with Crippen LogP contribution in [0.3, 0.4) is 0 Å². The molecule has 0 fully saturated rings. The highest BCUT2D eigenvalue weighted by Gasteiger charge is 2.50. The number of carbonyl (C=O) groups excluding carboxylic acids is 1. The quantitative estimate of drug-likeness (QED) is 0.918. The molecule has 0 spiro atoms. The SMILES string of the molecule is CO[C@]1(CF)c2cc(Cl)ccc2OC(=O)N1Nc1ccccc1. The fraction of sp³-hybridized carbons (Fsp3) is 0.188. The minimum absolute atomic E-state index is 0.213. The van der Waals surface area contributed by atoms with Gasteiger partial charge in [0, 0.05) is 12.1 Å². The molecule has 23 heavy (non-hydrogen) atoms. The van der Waals surface area contributed by atoms with Gasteiger partial charge in [0.15, 0.2) is 0 Å². The van der Waals surface area contributed by atoms with Crippen molar-refractivity contribution in [2.75, 3.05) is 19.2 Å². The smallest absolute Gasteiger partial charge is 0.408 e. The number of fused-ring (bicyclic) bond motifs is 1. The summed E-state index contributed by atoms with van der Waals surface area (Å²) >= 11 is 6.00. The van der Waals surface area contributed by atoms with E-state index in [1.165, 1.54) is 19.2 Å². The van der Waals surface area contributed by atoms with E-state index in [0.29, 0.717) is 16.3 Å². The van der Waals surface area contributed by atoms with Crippen molar-refractivity contribution in [2.24, 2.45) is 0 Å². The van der Waals surface area contributed by atoms with Gasteiger partial charge in [-0.3, -0.25) is 5.43 Å². The number of amides is 1. The van der Waals surface area contributed by atoms with E-state index in [2.05, 4.69) is 5.43 Å². The summed E-state index contributed by atoms with van der Waals surface area (Å²) in [5.41, 5.74) is 2.08. The Balaban J connectivity index is 2.09. The molecule has 1 atom stereocenters. The topological polar surface area (TPSA) is 50.8 Å². The summed E-state index contributed by atoms with van der Waals surface area (Å²) in [4.78, 5) is 12.3. The van der Waals surface area contributed by atoms with Crippen molar-refractivity contribution in [3.8, 4) is 5.75 Å². The van der Waals surface area contributed by atoms with Crippen LogP contribution in [0.5, 0.6) is 5.75 Å². The Hall–Kier alpha value is -2.31. The molecule has 1 N–H and O–H groups in total. The number of alkyl halides is 1. The van der Waals surface area contributed by atoms with Crippen molar-refractivity contribution in [1.29, 1.82) is 0 Å². The lowest BCUT2D eigenvalue weighted by atomic mass is 10.0. The van der Waals surface area contributed by atoms with Crippen LogP contribution in [0.1, 0.15) is 5.56 Å². The minimum atomic E-state index is -1.68. The van der Waals surface area contributed by atoms with Gasteiger partial charge in [0.2, 0.25) is 5.72 Å². The average molecular weight is 337 g/mol. The van der Waals surface area contributed by atoms with Crippen LogP contribution in [0.4, 0.5) is 14.9 Å². The Kier molecular flexibility index (Phi) is 4.11. The van der Waals surface area contributed by atoms with Crippen molar-refractivity contribution in [1.82, 2.24) is 5.01 Å². The number of ether oxygens (including phenoxy) is 2. The molecule has 1 aliphatic heterocycles. The Morgan fingerprint density at radius 1 is 1.30 bits per heavy atom. The Morgan fingerprint density at radius 2 is 2.04 bits per heavy atom. The molecule has 0 saturated carbocycles. The molecule has 1 aliphatic rings. The zero-order valence-corrected chi connectivity index (χ0v) is 13.0. The van der Waals surface area contributed by atoms with Gasteiger partial charge in [0.1, 0.15) is 12.4 Å². The zero-order chi connectivity index (χ0) is 16.4. The first kappa shape index (κ1) is 15.6. The first-order valence-corrected chi connectivity index (χ1v) is 7.23. The lowest BCUT2D eigenvalue weighted by Crippen LogP contribution is -2.58. The number of rotatable bonds is 4. The fourth-order valence-electron chi connectivity index (χ4n) is 2.47. The highest BCUT2D eigenvalue weighted by atomic mass is 35.5. The molecule has 2 aromatic carbocycles. The number of hydrogen-bond acceptors (Lipinski definition) is 4. The molecule has 120 valence electrons. The number of methoxy groups -OCH3 is 1. The highest BCUT2D eigenvalue weighted by molar-refractivity contribution is 6.30. The molecule has 1 heterocycles. The molecule has 0 radical (unpaired) electrons. The third kappa shape index (κ3) is 2.60. The van der Waals surface area contributed by atoms with Gasteiger partial charge in [-0.1, -0.05) is 29.8 Å². The Morgan fingerprint density at radius 3 is 2.70 bits per heavy atom. The number of carbonyl (C=O) groups is 1. The van der Waals surface area contributed by atoms with E-state index in [1.54, 1.807) is 30.3 Å². The standard InChI is InChI=1S/C16H14ClFN2O3/c1-22-16(10-18)13-9-11(17)7-8-14(13)23-15(21)20(16)19-12-5-3-2-4-6-12/h2-9,19H,10H2,1H3/t16-/m1/s1. The normalized spacial score (nSPS) is 20.0. The van der Waals surface area contributed by atoms with E-state index in [4.69, 9.17) is 21.1 Å². The van der Waals surface area contributed by atoms with Crippen LogP contribution >= 0.6 is 11.6 Å². The van der Waals surface area contributed by atoms with E-state index in [1.807, 2.05) is 6.07 Å². The summed E-state index contributed by atoms with van der Waals surface area (Å²) < 4.78 is 24.7. The first-order valence-electron chi connectivity index (χ1n) is 6.85. The second-order valence-electron chi connectivity index (χ2n) is 4.94. The number of anilines is 1. The van der Waals surface area contributed by atoms with Gasteiger partial charge >= 0.3 is 6.09 Å². The van der Waals surface area contributed by atoms with Gasteiger partial charge in [0.05, 0.1) is 11.3 Å². The van der Waals surface area contributed by atoms with Crippen LogP contribution in [-0.4, -0.2) is 24.9 Å². The van der Waals surface area contributed by atoms with Crippen molar-refractivity contribution in [2.45, 2.75) is 5.72 Å². The molecule has 0 bridgehead atoms. The predicted octanol–water partition coefficient (Wildman–Crippen LogP) is 3.95. The monoisotopic (exact) mass is 336 g/mol. The van der Waals surface area contributed by atoms with Crippen molar-refractivity contribution >= 4 is 23.4 Å². The van der Waals surface area contributed by atoms with Crippen LogP contribution in [0.2, 0.25) is 5.02 Å². The number of hydrogen-bond donors (Lipinski definition) is 1. The average Bonchev–Trinajstić information content (AvgIpc) is 2.58. The number of nitrogens with one attached hydrogen (secondary N) is 1. The van der Waals surface area contributed by atoms with Gasteiger partial charge in [-0.05, 0) is 30.3 Å². The van der Waals surface area contributed by atoms with Crippen molar-refractivity contribution in [3.63, 3.8) is 0 Å². The largest absolute Gasteiger partial charge is 0.437 e.